The van der Waals surface area contributed by atoms with Gasteiger partial charge in [0.05, 0.1) is 39.6 Å². The number of rotatable bonds is 6. The van der Waals surface area contributed by atoms with Crippen LogP contribution in [0.1, 0.15) is 21.5 Å². The Morgan fingerprint density at radius 1 is 0.889 bits per heavy atom. The monoisotopic (exact) mass is 434 g/mol. The number of hydrogen-bond acceptors (Lipinski definition) is 6. The van der Waals surface area contributed by atoms with Gasteiger partial charge in [-0.3, -0.25) is 0 Å². The van der Waals surface area contributed by atoms with Crippen LogP contribution in [0.4, 0.5) is 0 Å². The number of ether oxygens (including phenoxy) is 4. The highest BCUT2D eigenvalue weighted by atomic mass is 79.9. The van der Waals surface area contributed by atoms with Crippen molar-refractivity contribution >= 4 is 39.5 Å². The van der Waals surface area contributed by atoms with E-state index in [0.29, 0.717) is 27.1 Å². The Morgan fingerprint density at radius 2 is 1.48 bits per heavy atom. The fourth-order valence-electron chi connectivity index (χ4n) is 2.50. The summed E-state index contributed by atoms with van der Waals surface area (Å²) in [6.45, 7) is 0. The fourth-order valence-corrected chi connectivity index (χ4v) is 2.94. The van der Waals surface area contributed by atoms with E-state index in [0.717, 1.165) is 0 Å². The largest absolute Gasteiger partial charge is 0.493 e. The number of hydrogen-bond donors (Lipinski definition) is 0. The van der Waals surface area contributed by atoms with Crippen LogP contribution < -0.4 is 9.47 Å². The van der Waals surface area contributed by atoms with Gasteiger partial charge in [0.25, 0.3) is 0 Å². The van der Waals surface area contributed by atoms with Crippen molar-refractivity contribution in [2.45, 2.75) is 0 Å². The van der Waals surface area contributed by atoms with Crippen molar-refractivity contribution in [3.05, 3.63) is 57.6 Å². The second kappa shape index (κ2) is 9.23. The summed E-state index contributed by atoms with van der Waals surface area (Å²) in [4.78, 5) is 24.6. The Balaban J connectivity index is 2.70. The minimum absolute atomic E-state index is 0.200. The van der Waals surface area contributed by atoms with Gasteiger partial charge in [-0.05, 0) is 29.8 Å². The predicted octanol–water partition coefficient (Wildman–Crippen LogP) is 3.97. The van der Waals surface area contributed by atoms with E-state index in [1.165, 1.54) is 28.4 Å². The SMILES string of the molecule is COC(=O)C(=Cc1cc(OC)c(OC)cc1Br)c1ccccc1C(=O)OC. The van der Waals surface area contributed by atoms with Gasteiger partial charge in [0.15, 0.2) is 11.5 Å². The summed E-state index contributed by atoms with van der Waals surface area (Å²) in [5, 5.41) is 0. The molecule has 7 heteroatoms. The van der Waals surface area contributed by atoms with Crippen LogP contribution in [0.2, 0.25) is 0 Å². The highest BCUT2D eigenvalue weighted by molar-refractivity contribution is 9.10. The molecule has 0 radical (unpaired) electrons. The quantitative estimate of drug-likeness (QED) is 0.389. The van der Waals surface area contributed by atoms with E-state index < -0.39 is 11.9 Å². The first-order valence-corrected chi connectivity index (χ1v) is 8.65. The Morgan fingerprint density at radius 3 is 2.04 bits per heavy atom. The van der Waals surface area contributed by atoms with Crippen molar-refractivity contribution in [2.24, 2.45) is 0 Å². The van der Waals surface area contributed by atoms with Crippen LogP contribution in [-0.2, 0) is 14.3 Å². The molecule has 2 rings (SSSR count). The zero-order valence-electron chi connectivity index (χ0n) is 15.4. The van der Waals surface area contributed by atoms with Crippen molar-refractivity contribution in [3.8, 4) is 11.5 Å². The Labute approximate surface area is 165 Å². The molecule has 0 atom stereocenters. The molecule has 0 amide bonds. The maximum atomic E-state index is 12.5. The highest BCUT2D eigenvalue weighted by Crippen LogP contribution is 2.35. The molecule has 0 aromatic heterocycles. The van der Waals surface area contributed by atoms with Gasteiger partial charge in [-0.15, -0.1) is 0 Å². The molecule has 0 aliphatic carbocycles. The molecule has 2 aromatic rings. The van der Waals surface area contributed by atoms with E-state index in [1.54, 1.807) is 42.5 Å². The van der Waals surface area contributed by atoms with E-state index in [4.69, 9.17) is 18.9 Å². The van der Waals surface area contributed by atoms with Crippen molar-refractivity contribution in [3.63, 3.8) is 0 Å². The first-order valence-electron chi connectivity index (χ1n) is 7.86. The van der Waals surface area contributed by atoms with E-state index in [-0.39, 0.29) is 11.1 Å². The molecule has 0 spiro atoms. The average molecular weight is 435 g/mol. The fraction of sp³-hybridized carbons (Fsp3) is 0.200. The Kier molecular flexibility index (Phi) is 7.01. The summed E-state index contributed by atoms with van der Waals surface area (Å²) in [6.07, 6.45) is 1.61. The van der Waals surface area contributed by atoms with E-state index in [9.17, 15) is 9.59 Å². The number of halogens is 1. The van der Waals surface area contributed by atoms with E-state index >= 15 is 0 Å². The molecule has 27 heavy (non-hydrogen) atoms. The van der Waals surface area contributed by atoms with Gasteiger partial charge in [-0.25, -0.2) is 9.59 Å². The summed E-state index contributed by atoms with van der Waals surface area (Å²) in [5.41, 5.74) is 1.50. The number of carbonyl (C=O) groups is 2. The van der Waals surface area contributed by atoms with Crippen LogP contribution in [0.25, 0.3) is 11.6 Å². The van der Waals surface area contributed by atoms with Crippen molar-refractivity contribution in [1.29, 1.82) is 0 Å². The molecule has 2 aromatic carbocycles. The summed E-state index contributed by atoms with van der Waals surface area (Å²) in [5.74, 6) is -0.103. The van der Waals surface area contributed by atoms with Crippen LogP contribution >= 0.6 is 15.9 Å². The smallest absolute Gasteiger partial charge is 0.338 e. The third-order valence-electron chi connectivity index (χ3n) is 3.83. The lowest BCUT2D eigenvalue weighted by Crippen LogP contribution is -2.10. The summed E-state index contributed by atoms with van der Waals surface area (Å²) in [7, 11) is 5.62. The third kappa shape index (κ3) is 4.49. The first kappa shape index (κ1) is 20.5. The van der Waals surface area contributed by atoms with Crippen LogP contribution in [0.3, 0.4) is 0 Å². The van der Waals surface area contributed by atoms with Crippen LogP contribution in [0.5, 0.6) is 11.5 Å². The Bertz CT molecular complexity index is 888. The molecule has 0 fully saturated rings. The second-order valence-electron chi connectivity index (χ2n) is 5.32. The Hall–Kier alpha value is -2.80. The van der Waals surface area contributed by atoms with Crippen molar-refractivity contribution in [1.82, 2.24) is 0 Å². The van der Waals surface area contributed by atoms with Crippen LogP contribution in [-0.4, -0.2) is 40.4 Å². The molecule has 0 heterocycles. The van der Waals surface area contributed by atoms with Crippen molar-refractivity contribution < 1.29 is 28.5 Å². The standard InChI is InChI=1S/C20H19BrO6/c1-24-17-10-12(16(21)11-18(17)25-2)9-15(20(23)27-4)13-7-5-6-8-14(13)19(22)26-3/h5-11H,1-4H3. The van der Waals surface area contributed by atoms with Gasteiger partial charge in [0.1, 0.15) is 0 Å². The number of benzene rings is 2. The van der Waals surface area contributed by atoms with Gasteiger partial charge in [-0.2, -0.15) is 0 Å². The summed E-state index contributed by atoms with van der Waals surface area (Å²) in [6, 6.07) is 10.1. The number of esters is 2. The zero-order valence-corrected chi connectivity index (χ0v) is 17.0. The third-order valence-corrected chi connectivity index (χ3v) is 4.52. The molecule has 0 saturated carbocycles. The molecule has 0 unspecified atom stereocenters. The predicted molar refractivity (Wildman–Crippen MR) is 105 cm³/mol. The average Bonchev–Trinajstić information content (AvgIpc) is 2.71. The highest BCUT2D eigenvalue weighted by Gasteiger charge is 2.21. The van der Waals surface area contributed by atoms with Crippen LogP contribution in [0, 0.1) is 0 Å². The van der Waals surface area contributed by atoms with E-state index in [1.807, 2.05) is 0 Å². The van der Waals surface area contributed by atoms with Gasteiger partial charge in [0, 0.05) is 10.0 Å². The minimum Gasteiger partial charge on any atom is -0.493 e. The van der Waals surface area contributed by atoms with Gasteiger partial charge >= 0.3 is 11.9 Å². The molecule has 6 nitrogen and oxygen atoms in total. The second-order valence-corrected chi connectivity index (χ2v) is 6.17. The lowest BCUT2D eigenvalue weighted by molar-refractivity contribution is -0.133. The first-order chi connectivity index (χ1) is 13.0. The number of methoxy groups -OCH3 is 4. The molecule has 142 valence electrons. The summed E-state index contributed by atoms with van der Waals surface area (Å²) < 4.78 is 21.0. The summed E-state index contributed by atoms with van der Waals surface area (Å²) >= 11 is 3.46. The topological polar surface area (TPSA) is 71.1 Å². The molecule has 0 aliphatic heterocycles. The molecule has 0 bridgehead atoms. The molecular formula is C20H19BrO6. The van der Waals surface area contributed by atoms with Crippen LogP contribution in [0.15, 0.2) is 40.9 Å². The lowest BCUT2D eigenvalue weighted by Gasteiger charge is -2.13. The van der Waals surface area contributed by atoms with Crippen molar-refractivity contribution in [2.75, 3.05) is 28.4 Å². The maximum Gasteiger partial charge on any atom is 0.338 e. The van der Waals surface area contributed by atoms with E-state index in [2.05, 4.69) is 15.9 Å². The van der Waals surface area contributed by atoms with Gasteiger partial charge in [-0.1, -0.05) is 34.1 Å². The molecule has 0 aliphatic rings. The number of carbonyl (C=O) groups excluding carboxylic acids is 2. The van der Waals surface area contributed by atoms with Gasteiger partial charge in [0.2, 0.25) is 0 Å². The molecular weight excluding hydrogens is 416 g/mol. The minimum atomic E-state index is -0.590. The lowest BCUT2D eigenvalue weighted by atomic mass is 9.97. The molecule has 0 N–H and O–H groups in total. The normalized spacial score (nSPS) is 10.9. The zero-order chi connectivity index (χ0) is 20.0. The molecule has 0 saturated heterocycles. The van der Waals surface area contributed by atoms with Gasteiger partial charge < -0.3 is 18.9 Å². The maximum absolute atomic E-state index is 12.5.